The molecule has 0 saturated heterocycles. The maximum atomic E-state index is 12.2. The van der Waals surface area contributed by atoms with E-state index >= 15 is 0 Å². The predicted octanol–water partition coefficient (Wildman–Crippen LogP) is 0.0383. The topological polar surface area (TPSA) is 104 Å². The number of nitrogens with two attached hydrogens (primary N) is 1. The van der Waals surface area contributed by atoms with E-state index in [-0.39, 0.29) is 6.54 Å². The SMILES string of the molecule is COC(=O)Cn1cnc2sc(C(N)=O)c(C)c2c1=O. The van der Waals surface area contributed by atoms with Gasteiger partial charge in [-0.25, -0.2) is 4.98 Å². The monoisotopic (exact) mass is 281 g/mol. The Morgan fingerprint density at radius 2 is 2.21 bits per heavy atom. The first-order valence-corrected chi connectivity index (χ1v) is 6.12. The maximum Gasteiger partial charge on any atom is 0.325 e. The van der Waals surface area contributed by atoms with Crippen LogP contribution in [-0.2, 0) is 16.1 Å². The molecule has 0 atom stereocenters. The van der Waals surface area contributed by atoms with Gasteiger partial charge in [0.1, 0.15) is 11.4 Å². The molecule has 0 aliphatic heterocycles. The summed E-state index contributed by atoms with van der Waals surface area (Å²) < 4.78 is 5.63. The lowest BCUT2D eigenvalue weighted by molar-refractivity contribution is -0.141. The summed E-state index contributed by atoms with van der Waals surface area (Å²) in [7, 11) is 1.24. The zero-order valence-electron chi connectivity index (χ0n) is 10.3. The molecule has 0 saturated carbocycles. The fraction of sp³-hybridized carbons (Fsp3) is 0.273. The van der Waals surface area contributed by atoms with Crippen molar-refractivity contribution >= 4 is 33.4 Å². The van der Waals surface area contributed by atoms with Gasteiger partial charge in [-0.05, 0) is 12.5 Å². The van der Waals surface area contributed by atoms with Crippen molar-refractivity contribution in [1.82, 2.24) is 9.55 Å². The van der Waals surface area contributed by atoms with E-state index in [1.54, 1.807) is 6.92 Å². The van der Waals surface area contributed by atoms with Crippen LogP contribution in [-0.4, -0.2) is 28.5 Å². The fourth-order valence-corrected chi connectivity index (χ4v) is 2.70. The van der Waals surface area contributed by atoms with Crippen LogP contribution in [0.3, 0.4) is 0 Å². The highest BCUT2D eigenvalue weighted by Crippen LogP contribution is 2.26. The van der Waals surface area contributed by atoms with Crippen molar-refractivity contribution in [2.24, 2.45) is 5.73 Å². The number of carbonyl (C=O) groups is 2. The Labute approximate surface area is 111 Å². The van der Waals surface area contributed by atoms with Crippen molar-refractivity contribution in [2.45, 2.75) is 13.5 Å². The molecular formula is C11H11N3O4S. The van der Waals surface area contributed by atoms with Gasteiger partial charge in [0.05, 0.1) is 23.7 Å². The smallest absolute Gasteiger partial charge is 0.325 e. The molecule has 0 radical (unpaired) electrons. The number of aromatic nitrogens is 2. The lowest BCUT2D eigenvalue weighted by atomic mass is 10.2. The van der Waals surface area contributed by atoms with Gasteiger partial charge < -0.3 is 10.5 Å². The number of esters is 1. The first-order valence-electron chi connectivity index (χ1n) is 5.31. The highest BCUT2D eigenvalue weighted by atomic mass is 32.1. The summed E-state index contributed by atoms with van der Waals surface area (Å²) in [4.78, 5) is 39.4. The second-order valence-corrected chi connectivity index (χ2v) is 4.85. The number of nitrogens with zero attached hydrogens (tertiary/aromatic N) is 2. The maximum absolute atomic E-state index is 12.2. The van der Waals surface area contributed by atoms with Crippen LogP contribution in [0.15, 0.2) is 11.1 Å². The fourth-order valence-electron chi connectivity index (χ4n) is 1.71. The highest BCUT2D eigenvalue weighted by molar-refractivity contribution is 7.20. The molecule has 2 rings (SSSR count). The average molecular weight is 281 g/mol. The van der Waals surface area contributed by atoms with Crippen LogP contribution in [0, 0.1) is 6.92 Å². The molecule has 8 heteroatoms. The number of thiophene rings is 1. The molecule has 2 aromatic heterocycles. The minimum absolute atomic E-state index is 0.223. The molecule has 0 fully saturated rings. The van der Waals surface area contributed by atoms with Crippen molar-refractivity contribution in [3.63, 3.8) is 0 Å². The van der Waals surface area contributed by atoms with E-state index in [2.05, 4.69) is 9.72 Å². The molecular weight excluding hydrogens is 270 g/mol. The van der Waals surface area contributed by atoms with Crippen LogP contribution in [0.4, 0.5) is 0 Å². The van der Waals surface area contributed by atoms with E-state index in [9.17, 15) is 14.4 Å². The van der Waals surface area contributed by atoms with E-state index in [1.807, 2.05) is 0 Å². The van der Waals surface area contributed by atoms with Gasteiger partial charge in [0.25, 0.3) is 11.5 Å². The van der Waals surface area contributed by atoms with Gasteiger partial charge in [0.15, 0.2) is 0 Å². The second kappa shape index (κ2) is 4.81. The lowest BCUT2D eigenvalue weighted by Gasteiger charge is -2.03. The van der Waals surface area contributed by atoms with Gasteiger partial charge in [-0.1, -0.05) is 0 Å². The number of fused-ring (bicyclic) bond motifs is 1. The van der Waals surface area contributed by atoms with E-state index in [0.717, 1.165) is 15.9 Å². The Kier molecular flexibility index (Phi) is 3.34. The Hall–Kier alpha value is -2.22. The number of rotatable bonds is 3. The number of ether oxygens (including phenoxy) is 1. The molecule has 100 valence electrons. The Morgan fingerprint density at radius 1 is 1.53 bits per heavy atom. The van der Waals surface area contributed by atoms with Crippen LogP contribution in [0.5, 0.6) is 0 Å². The highest BCUT2D eigenvalue weighted by Gasteiger charge is 2.18. The standard InChI is InChI=1S/C11H11N3O4S/c1-5-7-10(19-8(5)9(12)16)13-4-14(11(7)17)3-6(15)18-2/h4H,3H2,1-2H3,(H2,12,16). The predicted molar refractivity (Wildman–Crippen MR) is 69.2 cm³/mol. The van der Waals surface area contributed by atoms with Crippen LogP contribution < -0.4 is 11.3 Å². The molecule has 0 bridgehead atoms. The van der Waals surface area contributed by atoms with E-state index in [1.165, 1.54) is 13.4 Å². The lowest BCUT2D eigenvalue weighted by Crippen LogP contribution is -2.25. The molecule has 0 spiro atoms. The number of amides is 1. The van der Waals surface area contributed by atoms with Gasteiger partial charge in [0.2, 0.25) is 0 Å². The van der Waals surface area contributed by atoms with Gasteiger partial charge in [-0.15, -0.1) is 11.3 Å². The zero-order chi connectivity index (χ0) is 14.2. The quantitative estimate of drug-likeness (QED) is 0.800. The second-order valence-electron chi connectivity index (χ2n) is 3.85. The molecule has 2 N–H and O–H groups in total. The average Bonchev–Trinajstić information content (AvgIpc) is 2.71. The van der Waals surface area contributed by atoms with Crippen molar-refractivity contribution in [3.8, 4) is 0 Å². The summed E-state index contributed by atoms with van der Waals surface area (Å²) in [6.07, 6.45) is 1.25. The van der Waals surface area contributed by atoms with Crippen molar-refractivity contribution in [2.75, 3.05) is 7.11 Å². The third-order valence-electron chi connectivity index (χ3n) is 2.67. The normalized spacial score (nSPS) is 10.6. The summed E-state index contributed by atoms with van der Waals surface area (Å²) >= 11 is 1.06. The Balaban J connectivity index is 2.64. The van der Waals surface area contributed by atoms with Gasteiger partial charge in [-0.2, -0.15) is 0 Å². The largest absolute Gasteiger partial charge is 0.468 e. The van der Waals surface area contributed by atoms with Crippen molar-refractivity contribution < 1.29 is 14.3 Å². The molecule has 0 aliphatic carbocycles. The van der Waals surface area contributed by atoms with Gasteiger partial charge in [0, 0.05) is 0 Å². The minimum atomic E-state index is -0.598. The van der Waals surface area contributed by atoms with Crippen LogP contribution >= 0.6 is 11.3 Å². The molecule has 2 heterocycles. The van der Waals surface area contributed by atoms with E-state index in [4.69, 9.17) is 5.73 Å². The molecule has 7 nitrogen and oxygen atoms in total. The third kappa shape index (κ3) is 2.22. The summed E-state index contributed by atoms with van der Waals surface area (Å²) in [5.74, 6) is -1.15. The molecule has 0 aromatic carbocycles. The summed E-state index contributed by atoms with van der Waals surface area (Å²) in [6.45, 7) is 1.41. The van der Waals surface area contributed by atoms with E-state index in [0.29, 0.717) is 20.7 Å². The van der Waals surface area contributed by atoms with E-state index < -0.39 is 17.4 Å². The number of carbonyl (C=O) groups excluding carboxylic acids is 2. The van der Waals surface area contributed by atoms with Crippen LogP contribution in [0.1, 0.15) is 15.2 Å². The molecule has 0 aliphatic rings. The van der Waals surface area contributed by atoms with Crippen LogP contribution in [0.25, 0.3) is 10.2 Å². The Morgan fingerprint density at radius 3 is 2.79 bits per heavy atom. The zero-order valence-corrected chi connectivity index (χ0v) is 11.1. The minimum Gasteiger partial charge on any atom is -0.468 e. The van der Waals surface area contributed by atoms with Gasteiger partial charge in [-0.3, -0.25) is 19.0 Å². The van der Waals surface area contributed by atoms with Gasteiger partial charge >= 0.3 is 5.97 Å². The molecule has 1 amide bonds. The van der Waals surface area contributed by atoms with Crippen molar-refractivity contribution in [3.05, 3.63) is 27.1 Å². The summed E-state index contributed by atoms with van der Waals surface area (Å²) in [5.41, 5.74) is 5.33. The number of hydrogen-bond donors (Lipinski definition) is 1. The molecule has 2 aromatic rings. The number of methoxy groups -OCH3 is 1. The summed E-state index contributed by atoms with van der Waals surface area (Å²) in [6, 6.07) is 0. The third-order valence-corrected chi connectivity index (χ3v) is 3.88. The Bertz CT molecular complexity index is 731. The van der Waals surface area contributed by atoms with Crippen molar-refractivity contribution in [1.29, 1.82) is 0 Å². The number of hydrogen-bond acceptors (Lipinski definition) is 6. The number of primary amides is 1. The first kappa shape index (κ1) is 13.2. The van der Waals surface area contributed by atoms with Crippen LogP contribution in [0.2, 0.25) is 0 Å². The molecule has 0 unspecified atom stereocenters. The summed E-state index contributed by atoms with van der Waals surface area (Å²) in [5, 5.41) is 0.310. The molecule has 19 heavy (non-hydrogen) atoms. The first-order chi connectivity index (χ1) is 8.95. The number of aryl methyl sites for hydroxylation is 1.